The molecular weight excluding hydrogens is 230 g/mol. The molecule has 0 aromatic carbocycles. The maximum atomic E-state index is 12.0. The highest BCUT2D eigenvalue weighted by Crippen LogP contribution is 2.10. The van der Waals surface area contributed by atoms with Gasteiger partial charge in [-0.3, -0.25) is 4.79 Å². The second-order valence-electron chi connectivity index (χ2n) is 3.53. The Balaban J connectivity index is 2.05. The Morgan fingerprint density at radius 3 is 3.19 bits per heavy atom. The van der Waals surface area contributed by atoms with Crippen molar-refractivity contribution >= 4 is 17.5 Å². The molecule has 1 amide bonds. The van der Waals surface area contributed by atoms with Crippen LogP contribution >= 0.6 is 11.6 Å². The Hall–Kier alpha value is -1.20. The van der Waals surface area contributed by atoms with Crippen LogP contribution < -0.4 is 0 Å². The standard InChI is InChI=1S/C10H12ClN3O2/c11-5-9-7-14(3-4-16-9)10(15)8-1-2-12-13-6-8/h1-2,6,9H,3-5,7H2. The molecule has 0 bridgehead atoms. The number of carbonyl (C=O) groups is 1. The largest absolute Gasteiger partial charge is 0.373 e. The summed E-state index contributed by atoms with van der Waals surface area (Å²) < 4.78 is 5.39. The maximum Gasteiger partial charge on any atom is 0.255 e. The van der Waals surface area contributed by atoms with E-state index in [0.717, 1.165) is 0 Å². The number of nitrogens with zero attached hydrogens (tertiary/aromatic N) is 3. The zero-order chi connectivity index (χ0) is 11.4. The lowest BCUT2D eigenvalue weighted by Gasteiger charge is -2.31. The molecule has 5 nitrogen and oxygen atoms in total. The number of halogens is 1. The van der Waals surface area contributed by atoms with Crippen LogP contribution in [0.25, 0.3) is 0 Å². The molecule has 0 aliphatic carbocycles. The van der Waals surface area contributed by atoms with Gasteiger partial charge in [0.15, 0.2) is 0 Å². The van der Waals surface area contributed by atoms with Crippen LogP contribution in [0.5, 0.6) is 0 Å². The molecule has 1 aliphatic rings. The van der Waals surface area contributed by atoms with Crippen LogP contribution in [0.15, 0.2) is 18.5 Å². The lowest BCUT2D eigenvalue weighted by atomic mass is 10.2. The summed E-state index contributed by atoms with van der Waals surface area (Å²) in [7, 11) is 0. The summed E-state index contributed by atoms with van der Waals surface area (Å²) in [6.07, 6.45) is 2.90. The fourth-order valence-corrected chi connectivity index (χ4v) is 1.78. The van der Waals surface area contributed by atoms with Crippen molar-refractivity contribution in [3.63, 3.8) is 0 Å². The molecule has 2 rings (SSSR count). The summed E-state index contributed by atoms with van der Waals surface area (Å²) >= 11 is 5.71. The van der Waals surface area contributed by atoms with Gasteiger partial charge in [0.25, 0.3) is 5.91 Å². The molecule has 16 heavy (non-hydrogen) atoms. The summed E-state index contributed by atoms with van der Waals surface area (Å²) in [6, 6.07) is 1.65. The van der Waals surface area contributed by atoms with E-state index in [-0.39, 0.29) is 12.0 Å². The van der Waals surface area contributed by atoms with Gasteiger partial charge in [-0.05, 0) is 6.07 Å². The molecule has 1 fully saturated rings. The molecule has 1 aromatic rings. The predicted molar refractivity (Wildman–Crippen MR) is 58.4 cm³/mol. The summed E-state index contributed by atoms with van der Waals surface area (Å²) in [6.45, 7) is 1.65. The third-order valence-corrected chi connectivity index (χ3v) is 2.77. The van der Waals surface area contributed by atoms with Gasteiger partial charge in [0.1, 0.15) is 0 Å². The number of hydrogen-bond donors (Lipinski definition) is 0. The first-order valence-corrected chi connectivity index (χ1v) is 5.58. The third-order valence-electron chi connectivity index (χ3n) is 2.43. The van der Waals surface area contributed by atoms with Crippen LogP contribution in [0.2, 0.25) is 0 Å². The molecule has 1 aromatic heterocycles. The van der Waals surface area contributed by atoms with Gasteiger partial charge in [0.2, 0.25) is 0 Å². The monoisotopic (exact) mass is 241 g/mol. The molecular formula is C10H12ClN3O2. The number of ether oxygens (including phenoxy) is 1. The van der Waals surface area contributed by atoms with Crippen LogP contribution in [-0.2, 0) is 4.74 Å². The number of rotatable bonds is 2. The molecule has 1 aliphatic heterocycles. The number of morpholine rings is 1. The van der Waals surface area contributed by atoms with E-state index in [2.05, 4.69) is 10.2 Å². The van der Waals surface area contributed by atoms with Gasteiger partial charge in [-0.1, -0.05) is 0 Å². The third kappa shape index (κ3) is 2.48. The molecule has 0 N–H and O–H groups in total. The molecule has 1 unspecified atom stereocenters. The Kier molecular flexibility index (Phi) is 3.69. The molecule has 86 valence electrons. The highest BCUT2D eigenvalue weighted by Gasteiger charge is 2.24. The van der Waals surface area contributed by atoms with Crippen molar-refractivity contribution < 1.29 is 9.53 Å². The van der Waals surface area contributed by atoms with Crippen molar-refractivity contribution in [2.24, 2.45) is 0 Å². The van der Waals surface area contributed by atoms with Gasteiger partial charge in [-0.15, -0.1) is 11.6 Å². The van der Waals surface area contributed by atoms with Crippen molar-refractivity contribution in [3.8, 4) is 0 Å². The fraction of sp³-hybridized carbons (Fsp3) is 0.500. The Bertz CT molecular complexity index is 360. The van der Waals surface area contributed by atoms with Gasteiger partial charge in [0, 0.05) is 13.1 Å². The van der Waals surface area contributed by atoms with Crippen LogP contribution in [0, 0.1) is 0 Å². The summed E-state index contributed by atoms with van der Waals surface area (Å²) in [5.74, 6) is 0.353. The van der Waals surface area contributed by atoms with Gasteiger partial charge in [0.05, 0.1) is 36.5 Å². The van der Waals surface area contributed by atoms with E-state index in [0.29, 0.717) is 31.1 Å². The first-order valence-electron chi connectivity index (χ1n) is 5.05. The molecule has 0 radical (unpaired) electrons. The summed E-state index contributed by atoms with van der Waals surface area (Å²) in [5.41, 5.74) is 0.547. The van der Waals surface area contributed by atoms with E-state index in [1.165, 1.54) is 12.4 Å². The second-order valence-corrected chi connectivity index (χ2v) is 3.84. The normalized spacial score (nSPS) is 20.8. The van der Waals surface area contributed by atoms with Gasteiger partial charge in [-0.2, -0.15) is 10.2 Å². The van der Waals surface area contributed by atoms with Crippen molar-refractivity contribution in [3.05, 3.63) is 24.0 Å². The van der Waals surface area contributed by atoms with Crippen molar-refractivity contribution in [1.29, 1.82) is 0 Å². The van der Waals surface area contributed by atoms with Crippen LogP contribution in [-0.4, -0.2) is 52.7 Å². The lowest BCUT2D eigenvalue weighted by molar-refractivity contribution is -0.0108. The fourth-order valence-electron chi connectivity index (χ4n) is 1.60. The molecule has 0 saturated carbocycles. The minimum atomic E-state index is -0.0748. The second kappa shape index (κ2) is 5.23. The number of carbonyl (C=O) groups excluding carboxylic acids is 1. The molecule has 2 heterocycles. The lowest BCUT2D eigenvalue weighted by Crippen LogP contribution is -2.46. The molecule has 1 atom stereocenters. The number of aromatic nitrogens is 2. The van der Waals surface area contributed by atoms with E-state index in [1.807, 2.05) is 0 Å². The molecule has 0 spiro atoms. The predicted octanol–water partition coefficient (Wildman–Crippen LogP) is 0.556. The molecule has 6 heteroatoms. The molecule has 1 saturated heterocycles. The van der Waals surface area contributed by atoms with E-state index in [1.54, 1.807) is 11.0 Å². The SMILES string of the molecule is O=C(c1ccnnc1)N1CCOC(CCl)C1. The van der Waals surface area contributed by atoms with Crippen molar-refractivity contribution in [2.75, 3.05) is 25.6 Å². The van der Waals surface area contributed by atoms with Crippen molar-refractivity contribution in [2.45, 2.75) is 6.10 Å². The van der Waals surface area contributed by atoms with E-state index < -0.39 is 0 Å². The van der Waals surface area contributed by atoms with Crippen LogP contribution in [0.3, 0.4) is 0 Å². The maximum absolute atomic E-state index is 12.0. The minimum Gasteiger partial charge on any atom is -0.373 e. The Labute approximate surface area is 98.4 Å². The highest BCUT2D eigenvalue weighted by atomic mass is 35.5. The van der Waals surface area contributed by atoms with E-state index in [9.17, 15) is 4.79 Å². The summed E-state index contributed by atoms with van der Waals surface area (Å²) in [4.78, 5) is 13.8. The average Bonchev–Trinajstić information content (AvgIpc) is 2.39. The zero-order valence-electron chi connectivity index (χ0n) is 8.67. The first kappa shape index (κ1) is 11.3. The number of amides is 1. The average molecular weight is 242 g/mol. The zero-order valence-corrected chi connectivity index (χ0v) is 9.43. The van der Waals surface area contributed by atoms with Gasteiger partial charge < -0.3 is 9.64 Å². The van der Waals surface area contributed by atoms with E-state index >= 15 is 0 Å². The van der Waals surface area contributed by atoms with Crippen LogP contribution in [0.1, 0.15) is 10.4 Å². The van der Waals surface area contributed by atoms with Gasteiger partial charge in [-0.25, -0.2) is 0 Å². The van der Waals surface area contributed by atoms with Crippen LogP contribution in [0.4, 0.5) is 0 Å². The quantitative estimate of drug-likeness (QED) is 0.710. The smallest absolute Gasteiger partial charge is 0.255 e. The van der Waals surface area contributed by atoms with Gasteiger partial charge >= 0.3 is 0 Å². The Morgan fingerprint density at radius 1 is 1.62 bits per heavy atom. The highest BCUT2D eigenvalue weighted by molar-refractivity contribution is 6.18. The number of alkyl halides is 1. The summed E-state index contributed by atoms with van der Waals surface area (Å²) in [5, 5.41) is 7.32. The number of hydrogen-bond acceptors (Lipinski definition) is 4. The minimum absolute atomic E-state index is 0.0479. The topological polar surface area (TPSA) is 55.3 Å². The first-order chi connectivity index (χ1) is 7.81. The Morgan fingerprint density at radius 2 is 2.50 bits per heavy atom. The van der Waals surface area contributed by atoms with Crippen molar-refractivity contribution in [1.82, 2.24) is 15.1 Å². The van der Waals surface area contributed by atoms with E-state index in [4.69, 9.17) is 16.3 Å².